The minimum Gasteiger partial charge on any atom is -0.316 e. The van der Waals surface area contributed by atoms with Gasteiger partial charge in [0.05, 0.1) is 5.00 Å². The first-order chi connectivity index (χ1) is 11.3. The molecule has 114 valence electrons. The molecule has 1 aromatic carbocycles. The highest BCUT2D eigenvalue weighted by molar-refractivity contribution is 8.14. The van der Waals surface area contributed by atoms with E-state index in [-0.39, 0.29) is 0 Å². The fraction of sp³-hybridized carbons (Fsp3) is 0.118. The van der Waals surface area contributed by atoms with Crippen LogP contribution in [0, 0.1) is 0 Å². The van der Waals surface area contributed by atoms with Crippen LogP contribution in [0.1, 0.15) is 11.6 Å². The van der Waals surface area contributed by atoms with E-state index in [0.29, 0.717) is 0 Å². The van der Waals surface area contributed by atoms with Crippen LogP contribution in [-0.2, 0) is 4.79 Å². The molecule has 0 radical (unpaired) electrons. The topological polar surface area (TPSA) is 45.6 Å². The molecule has 4 nitrogen and oxygen atoms in total. The summed E-state index contributed by atoms with van der Waals surface area (Å²) in [7, 11) is 1.98. The predicted octanol–water partition coefficient (Wildman–Crippen LogP) is 4.13. The highest BCUT2D eigenvalue weighted by Gasteiger charge is 2.25. The van der Waals surface area contributed by atoms with Gasteiger partial charge in [0.2, 0.25) is 0 Å². The lowest BCUT2D eigenvalue weighted by Crippen LogP contribution is -2.26. The Morgan fingerprint density at radius 2 is 2.09 bits per heavy atom. The van der Waals surface area contributed by atoms with Crippen molar-refractivity contribution in [2.45, 2.75) is 11.1 Å². The average Bonchev–Trinajstić information content (AvgIpc) is 3.04. The number of benzene rings is 1. The molecule has 0 N–H and O–H groups in total. The summed E-state index contributed by atoms with van der Waals surface area (Å²) in [5, 5.41) is 3.95. The van der Waals surface area contributed by atoms with Crippen molar-refractivity contribution in [2.75, 3.05) is 11.9 Å². The van der Waals surface area contributed by atoms with Gasteiger partial charge < -0.3 is 9.69 Å². The number of carbonyl (C=O) groups excluding carboxylic acids is 1. The number of anilines is 1. The summed E-state index contributed by atoms with van der Waals surface area (Å²) in [4.78, 5) is 22.4. The van der Waals surface area contributed by atoms with Crippen LogP contribution in [-0.4, -0.2) is 23.5 Å². The molecule has 0 spiro atoms. The van der Waals surface area contributed by atoms with Crippen LogP contribution in [0.25, 0.3) is 10.1 Å². The Bertz CT molecular complexity index is 886. The van der Waals surface area contributed by atoms with Crippen molar-refractivity contribution in [1.29, 1.82) is 0 Å². The first-order valence-corrected chi connectivity index (χ1v) is 8.78. The van der Waals surface area contributed by atoms with Gasteiger partial charge in [-0.2, -0.15) is 0 Å². The molecule has 0 saturated carbocycles. The largest absolute Gasteiger partial charge is 0.316 e. The number of nitrogens with zero attached hydrogens (tertiary/aromatic N) is 3. The zero-order valence-corrected chi connectivity index (χ0v) is 14.0. The van der Waals surface area contributed by atoms with Gasteiger partial charge in [-0.25, -0.2) is 9.98 Å². The molecule has 6 heteroatoms. The maximum Gasteiger partial charge on any atom is 0.171 e. The first-order valence-electron chi connectivity index (χ1n) is 7.14. The molecule has 1 aliphatic heterocycles. The third-order valence-electron chi connectivity index (χ3n) is 3.72. The van der Waals surface area contributed by atoms with Gasteiger partial charge >= 0.3 is 0 Å². The van der Waals surface area contributed by atoms with E-state index in [1.54, 1.807) is 17.5 Å². The molecule has 0 fully saturated rings. The molecule has 0 saturated heterocycles. The van der Waals surface area contributed by atoms with E-state index in [9.17, 15) is 4.79 Å². The van der Waals surface area contributed by atoms with Gasteiger partial charge in [-0.1, -0.05) is 24.3 Å². The average molecular weight is 339 g/mol. The Morgan fingerprint density at radius 1 is 1.22 bits per heavy atom. The summed E-state index contributed by atoms with van der Waals surface area (Å²) in [5.41, 5.74) is 0.876. The molecule has 4 rings (SSSR count). The summed E-state index contributed by atoms with van der Waals surface area (Å²) >= 11 is 3.21. The number of pyridine rings is 1. The number of aliphatic imine (C=N–C) groups is 1. The Labute approximate surface area is 141 Å². The molecule has 1 atom stereocenters. The highest BCUT2D eigenvalue weighted by Crippen LogP contribution is 2.38. The standard InChI is InChI=1S/C17H13N3OS2/c1-20(15-9-11-5-2-3-7-14(11)22-15)17-19-13(10-21)12-6-4-8-18-16(12)23-17/h2-10,13H,1H3. The zero-order valence-electron chi connectivity index (χ0n) is 12.3. The van der Waals surface area contributed by atoms with E-state index in [0.717, 1.165) is 27.0 Å². The molecule has 1 aliphatic rings. The van der Waals surface area contributed by atoms with Crippen molar-refractivity contribution in [1.82, 2.24) is 4.98 Å². The van der Waals surface area contributed by atoms with Crippen molar-refractivity contribution in [3.05, 3.63) is 54.2 Å². The molecule has 23 heavy (non-hydrogen) atoms. The molecule has 3 aromatic rings. The molecule has 1 unspecified atom stereocenters. The van der Waals surface area contributed by atoms with Crippen molar-refractivity contribution >= 4 is 49.6 Å². The van der Waals surface area contributed by atoms with Gasteiger partial charge in [0.25, 0.3) is 0 Å². The summed E-state index contributed by atoms with van der Waals surface area (Å²) in [6.45, 7) is 0. The number of hydrogen-bond donors (Lipinski definition) is 0. The lowest BCUT2D eigenvalue weighted by Gasteiger charge is -2.24. The second kappa shape index (κ2) is 5.79. The fourth-order valence-electron chi connectivity index (χ4n) is 2.50. The van der Waals surface area contributed by atoms with Crippen LogP contribution >= 0.6 is 23.1 Å². The second-order valence-corrected chi connectivity index (χ2v) is 7.19. The van der Waals surface area contributed by atoms with E-state index >= 15 is 0 Å². The normalized spacial score (nSPS) is 16.7. The van der Waals surface area contributed by atoms with Crippen LogP contribution in [0.4, 0.5) is 5.00 Å². The molecule has 0 amide bonds. The maximum absolute atomic E-state index is 11.4. The van der Waals surface area contributed by atoms with Gasteiger partial charge in [0.15, 0.2) is 5.17 Å². The Kier molecular flexibility index (Phi) is 3.63. The first kappa shape index (κ1) is 14.4. The zero-order chi connectivity index (χ0) is 15.8. The van der Waals surface area contributed by atoms with Crippen LogP contribution in [0.2, 0.25) is 0 Å². The Morgan fingerprint density at radius 3 is 2.91 bits per heavy atom. The lowest BCUT2D eigenvalue weighted by molar-refractivity contribution is -0.109. The third kappa shape index (κ3) is 2.54. The van der Waals surface area contributed by atoms with Gasteiger partial charge in [0, 0.05) is 23.5 Å². The SMILES string of the molecule is CN(C1=NC(C=O)c2cccnc2S1)c1cc2ccccc2s1. The van der Waals surface area contributed by atoms with E-state index in [4.69, 9.17) is 0 Å². The molecular formula is C17H13N3OS2. The highest BCUT2D eigenvalue weighted by atomic mass is 32.2. The van der Waals surface area contributed by atoms with E-state index in [1.807, 2.05) is 36.2 Å². The van der Waals surface area contributed by atoms with Crippen LogP contribution in [0.3, 0.4) is 0 Å². The molecule has 2 aromatic heterocycles. The summed E-state index contributed by atoms with van der Waals surface area (Å²) in [6.07, 6.45) is 2.62. The molecule has 0 aliphatic carbocycles. The van der Waals surface area contributed by atoms with Gasteiger partial charge in [-0.15, -0.1) is 11.3 Å². The maximum atomic E-state index is 11.4. The number of thiophene rings is 1. The van der Waals surface area contributed by atoms with Crippen LogP contribution in [0.15, 0.2) is 58.7 Å². The number of fused-ring (bicyclic) bond motifs is 2. The number of aldehydes is 1. The van der Waals surface area contributed by atoms with Crippen molar-refractivity contribution in [3.8, 4) is 0 Å². The number of carbonyl (C=O) groups is 1. The number of hydrogen-bond acceptors (Lipinski definition) is 6. The molecular weight excluding hydrogens is 326 g/mol. The van der Waals surface area contributed by atoms with Crippen molar-refractivity contribution in [2.24, 2.45) is 4.99 Å². The number of thioether (sulfide) groups is 1. The van der Waals surface area contributed by atoms with E-state index < -0.39 is 6.04 Å². The predicted molar refractivity (Wildman–Crippen MR) is 96.6 cm³/mol. The molecule has 3 heterocycles. The minimum absolute atomic E-state index is 0.480. The quantitative estimate of drug-likeness (QED) is 0.659. The monoisotopic (exact) mass is 339 g/mol. The third-order valence-corrected chi connectivity index (χ3v) is 6.00. The smallest absolute Gasteiger partial charge is 0.171 e. The van der Waals surface area contributed by atoms with Crippen LogP contribution < -0.4 is 4.90 Å². The Balaban J connectivity index is 1.72. The van der Waals surface area contributed by atoms with E-state index in [2.05, 4.69) is 28.2 Å². The van der Waals surface area contributed by atoms with Gasteiger partial charge in [-0.05, 0) is 35.3 Å². The van der Waals surface area contributed by atoms with Gasteiger partial charge in [-0.3, -0.25) is 0 Å². The van der Waals surface area contributed by atoms with Gasteiger partial charge in [0.1, 0.15) is 17.4 Å². The summed E-state index contributed by atoms with van der Waals surface area (Å²) < 4.78 is 1.24. The summed E-state index contributed by atoms with van der Waals surface area (Å²) in [6, 6.07) is 13.7. The van der Waals surface area contributed by atoms with Crippen LogP contribution in [0.5, 0.6) is 0 Å². The van der Waals surface area contributed by atoms with Crippen molar-refractivity contribution in [3.63, 3.8) is 0 Å². The lowest BCUT2D eigenvalue weighted by atomic mass is 10.1. The van der Waals surface area contributed by atoms with E-state index in [1.165, 1.54) is 21.8 Å². The minimum atomic E-state index is -0.480. The molecule has 0 bridgehead atoms. The number of rotatable bonds is 2. The summed E-state index contributed by atoms with van der Waals surface area (Å²) in [5.74, 6) is 0. The number of aromatic nitrogens is 1. The number of amidine groups is 1. The Hall–Kier alpha value is -2.18. The van der Waals surface area contributed by atoms with Crippen molar-refractivity contribution < 1.29 is 4.79 Å². The second-order valence-electron chi connectivity index (χ2n) is 5.17. The fourth-order valence-corrected chi connectivity index (χ4v) is 4.58.